The third-order valence-corrected chi connectivity index (χ3v) is 2.34. The van der Waals surface area contributed by atoms with Crippen molar-refractivity contribution in [3.8, 4) is 12.3 Å². The van der Waals surface area contributed by atoms with Gasteiger partial charge in [-0.05, 0) is 12.1 Å². The minimum Gasteiger partial charge on any atom is -0.394 e. The first kappa shape index (κ1) is 13.3. The first-order valence-electron chi connectivity index (χ1n) is 4.83. The van der Waals surface area contributed by atoms with Gasteiger partial charge >= 0.3 is 0 Å². The van der Waals surface area contributed by atoms with Crippen molar-refractivity contribution in [1.82, 2.24) is 0 Å². The Hall–Kier alpha value is -1.77. The summed E-state index contributed by atoms with van der Waals surface area (Å²) in [5.41, 5.74) is 0.140. The van der Waals surface area contributed by atoms with E-state index in [1.807, 2.05) is 0 Å². The summed E-state index contributed by atoms with van der Waals surface area (Å²) in [6.07, 6.45) is 5.40. The first-order valence-corrected chi connectivity index (χ1v) is 5.21. The van der Waals surface area contributed by atoms with Gasteiger partial charge in [-0.25, -0.2) is 0 Å². The van der Waals surface area contributed by atoms with Crippen LogP contribution in [0.5, 0.6) is 0 Å². The Kier molecular flexibility index (Phi) is 4.76. The molecule has 0 aliphatic heterocycles. The smallest absolute Gasteiger partial charge is 0.293 e. The molecule has 0 radical (unpaired) electrons. The molecular weight excluding hydrogens is 244 g/mol. The fourth-order valence-electron chi connectivity index (χ4n) is 1.30. The molecule has 0 saturated carbocycles. The topological polar surface area (TPSA) is 75.4 Å². The predicted molar refractivity (Wildman–Crippen MR) is 66.1 cm³/mol. The van der Waals surface area contributed by atoms with Crippen molar-refractivity contribution in [2.24, 2.45) is 0 Å². The molecule has 0 fully saturated rings. The lowest BCUT2D eigenvalue weighted by atomic mass is 10.2. The van der Waals surface area contributed by atoms with Crippen molar-refractivity contribution >= 4 is 23.0 Å². The molecule has 6 heteroatoms. The van der Waals surface area contributed by atoms with E-state index >= 15 is 0 Å². The van der Waals surface area contributed by atoms with Crippen LogP contribution in [-0.2, 0) is 0 Å². The number of aliphatic hydroxyl groups excluding tert-OH is 1. The van der Waals surface area contributed by atoms with E-state index in [2.05, 4.69) is 11.2 Å². The van der Waals surface area contributed by atoms with Crippen LogP contribution < -0.4 is 5.32 Å². The van der Waals surface area contributed by atoms with Crippen LogP contribution in [0, 0.1) is 22.5 Å². The van der Waals surface area contributed by atoms with Crippen molar-refractivity contribution in [2.75, 3.05) is 11.9 Å². The number of hydrogen-bond donors (Lipinski definition) is 2. The second-order valence-electron chi connectivity index (χ2n) is 3.35. The fourth-order valence-corrected chi connectivity index (χ4v) is 1.47. The molecule has 17 heavy (non-hydrogen) atoms. The largest absolute Gasteiger partial charge is 0.394 e. The lowest BCUT2D eigenvalue weighted by Crippen LogP contribution is -2.23. The van der Waals surface area contributed by atoms with E-state index < -0.39 is 11.0 Å². The molecule has 1 unspecified atom stereocenters. The second-order valence-corrected chi connectivity index (χ2v) is 3.79. The number of terminal acetylenes is 1. The van der Waals surface area contributed by atoms with Crippen LogP contribution in [-0.4, -0.2) is 22.7 Å². The van der Waals surface area contributed by atoms with Crippen LogP contribution in [0.4, 0.5) is 11.4 Å². The highest BCUT2D eigenvalue weighted by molar-refractivity contribution is 6.30. The molecule has 2 N–H and O–H groups in total. The zero-order chi connectivity index (χ0) is 12.8. The third kappa shape index (κ3) is 3.63. The Morgan fingerprint density at radius 2 is 2.35 bits per heavy atom. The van der Waals surface area contributed by atoms with Crippen molar-refractivity contribution in [3.05, 3.63) is 33.3 Å². The number of anilines is 1. The van der Waals surface area contributed by atoms with Gasteiger partial charge in [0.2, 0.25) is 0 Å². The molecule has 1 atom stereocenters. The summed E-state index contributed by atoms with van der Waals surface area (Å²) in [6, 6.07) is 3.84. The molecular formula is C11H11ClN2O3. The van der Waals surface area contributed by atoms with Crippen LogP contribution in [0.2, 0.25) is 5.02 Å². The van der Waals surface area contributed by atoms with Crippen molar-refractivity contribution in [2.45, 2.75) is 12.5 Å². The normalized spacial score (nSPS) is 11.6. The van der Waals surface area contributed by atoms with Gasteiger partial charge in [-0.3, -0.25) is 10.1 Å². The van der Waals surface area contributed by atoms with E-state index in [0.717, 1.165) is 0 Å². The van der Waals surface area contributed by atoms with Gasteiger partial charge in [0.25, 0.3) is 5.69 Å². The fraction of sp³-hybridized carbons (Fsp3) is 0.273. The quantitative estimate of drug-likeness (QED) is 0.479. The first-order chi connectivity index (χ1) is 8.08. The molecule has 0 aliphatic carbocycles. The number of nitrogens with one attached hydrogen (secondary N) is 1. The standard InChI is InChI=1S/C11H11ClN2O3/c1-2-3-9(7-15)13-10-5-4-8(12)6-11(10)14(16)17/h1,4-6,9,13,15H,3,7H2. The van der Waals surface area contributed by atoms with Gasteiger partial charge in [0.05, 0.1) is 17.6 Å². The zero-order valence-electron chi connectivity index (χ0n) is 8.89. The summed E-state index contributed by atoms with van der Waals surface area (Å²) in [7, 11) is 0. The number of nitro benzene ring substituents is 1. The Bertz CT molecular complexity index is 457. The maximum absolute atomic E-state index is 10.8. The number of nitrogens with zero attached hydrogens (tertiary/aromatic N) is 1. The number of rotatable bonds is 5. The second kappa shape index (κ2) is 6.09. The molecule has 90 valence electrons. The lowest BCUT2D eigenvalue weighted by molar-refractivity contribution is -0.384. The van der Waals surface area contributed by atoms with Crippen molar-refractivity contribution in [1.29, 1.82) is 0 Å². The molecule has 0 bridgehead atoms. The maximum Gasteiger partial charge on any atom is 0.293 e. The Morgan fingerprint density at radius 1 is 1.65 bits per heavy atom. The molecule has 0 aliphatic rings. The molecule has 0 amide bonds. The summed E-state index contributed by atoms with van der Waals surface area (Å²) in [6.45, 7) is -0.204. The van der Waals surface area contributed by atoms with Crippen molar-refractivity contribution in [3.63, 3.8) is 0 Å². The lowest BCUT2D eigenvalue weighted by Gasteiger charge is -2.14. The zero-order valence-corrected chi connectivity index (χ0v) is 9.65. The van der Waals surface area contributed by atoms with Crippen LogP contribution in [0.15, 0.2) is 18.2 Å². The molecule has 0 saturated heterocycles. The van der Waals surface area contributed by atoms with Crippen LogP contribution in [0.1, 0.15) is 6.42 Å². The van der Waals surface area contributed by atoms with Crippen molar-refractivity contribution < 1.29 is 10.0 Å². The van der Waals surface area contributed by atoms with E-state index in [-0.39, 0.29) is 29.4 Å². The van der Waals surface area contributed by atoms with Gasteiger partial charge < -0.3 is 10.4 Å². The van der Waals surface area contributed by atoms with Gasteiger partial charge in [0.1, 0.15) is 5.69 Å². The average molecular weight is 255 g/mol. The highest BCUT2D eigenvalue weighted by Gasteiger charge is 2.16. The molecule has 0 spiro atoms. The van der Waals surface area contributed by atoms with Crippen LogP contribution >= 0.6 is 11.6 Å². The molecule has 0 heterocycles. The molecule has 5 nitrogen and oxygen atoms in total. The van der Waals surface area contributed by atoms with Gasteiger partial charge in [-0.1, -0.05) is 11.6 Å². The summed E-state index contributed by atoms with van der Waals surface area (Å²) < 4.78 is 0. The Balaban J connectivity index is 2.97. The molecule has 0 aromatic heterocycles. The molecule has 1 rings (SSSR count). The van der Waals surface area contributed by atoms with E-state index in [1.165, 1.54) is 18.2 Å². The highest BCUT2D eigenvalue weighted by atomic mass is 35.5. The number of hydrogen-bond acceptors (Lipinski definition) is 4. The summed E-state index contributed by atoms with van der Waals surface area (Å²) in [5.74, 6) is 2.38. The molecule has 1 aromatic carbocycles. The predicted octanol–water partition coefficient (Wildman–Crippen LogP) is 2.04. The number of nitro groups is 1. The Labute approximate surface area is 104 Å². The SMILES string of the molecule is C#CCC(CO)Nc1ccc(Cl)cc1[N+](=O)[O-]. The average Bonchev–Trinajstić information content (AvgIpc) is 2.30. The van der Waals surface area contributed by atoms with Gasteiger partial charge in [-0.15, -0.1) is 12.3 Å². The van der Waals surface area contributed by atoms with E-state index in [1.54, 1.807) is 0 Å². The van der Waals surface area contributed by atoms with E-state index in [9.17, 15) is 10.1 Å². The van der Waals surface area contributed by atoms with E-state index in [0.29, 0.717) is 0 Å². The number of aliphatic hydroxyl groups is 1. The molecule has 1 aromatic rings. The Morgan fingerprint density at radius 3 is 2.88 bits per heavy atom. The summed E-state index contributed by atoms with van der Waals surface area (Å²) in [5, 5.41) is 22.9. The minimum atomic E-state index is -0.543. The van der Waals surface area contributed by atoms with E-state index in [4.69, 9.17) is 23.1 Å². The third-order valence-electron chi connectivity index (χ3n) is 2.10. The summed E-state index contributed by atoms with van der Waals surface area (Å²) >= 11 is 5.68. The van der Waals surface area contributed by atoms with Gasteiger partial charge in [0.15, 0.2) is 0 Å². The maximum atomic E-state index is 10.8. The highest BCUT2D eigenvalue weighted by Crippen LogP contribution is 2.28. The minimum absolute atomic E-state index is 0.145. The van der Waals surface area contributed by atoms with Gasteiger partial charge in [0, 0.05) is 17.5 Å². The summed E-state index contributed by atoms with van der Waals surface area (Å²) in [4.78, 5) is 10.3. The van der Waals surface area contributed by atoms with Gasteiger partial charge in [-0.2, -0.15) is 0 Å². The van der Waals surface area contributed by atoms with Crippen LogP contribution in [0.25, 0.3) is 0 Å². The van der Waals surface area contributed by atoms with Crippen LogP contribution in [0.3, 0.4) is 0 Å². The number of halogens is 1. The monoisotopic (exact) mass is 254 g/mol. The number of benzene rings is 1.